The van der Waals surface area contributed by atoms with Crippen LogP contribution in [-0.2, 0) is 0 Å². The van der Waals surface area contributed by atoms with Gasteiger partial charge < -0.3 is 11.1 Å². The summed E-state index contributed by atoms with van der Waals surface area (Å²) in [7, 11) is 0. The molecule has 0 saturated carbocycles. The summed E-state index contributed by atoms with van der Waals surface area (Å²) >= 11 is 4.86. The summed E-state index contributed by atoms with van der Waals surface area (Å²) in [6, 6.07) is 0. The summed E-state index contributed by atoms with van der Waals surface area (Å²) < 4.78 is 0. The Morgan fingerprint density at radius 3 is 2.85 bits per heavy atom. The first-order valence-electron chi connectivity index (χ1n) is 4.52. The Labute approximate surface area is 84.9 Å². The third-order valence-corrected chi connectivity index (χ3v) is 2.60. The zero-order valence-electron chi connectivity index (χ0n) is 8.08. The van der Waals surface area contributed by atoms with Gasteiger partial charge >= 0.3 is 0 Å². The molecular formula is C10H16N2S. The minimum Gasteiger partial charge on any atom is -0.376 e. The maximum atomic E-state index is 5.49. The van der Waals surface area contributed by atoms with Gasteiger partial charge in [-0.25, -0.2) is 0 Å². The van der Waals surface area contributed by atoms with E-state index < -0.39 is 0 Å². The summed E-state index contributed by atoms with van der Waals surface area (Å²) in [4.78, 5) is 0. The van der Waals surface area contributed by atoms with E-state index in [9.17, 15) is 0 Å². The van der Waals surface area contributed by atoms with Gasteiger partial charge in [-0.2, -0.15) is 0 Å². The van der Waals surface area contributed by atoms with Crippen LogP contribution in [-0.4, -0.2) is 10.7 Å². The SMILES string of the molecule is CCC1C=CC=CC1(C)NC(N)=S. The highest BCUT2D eigenvalue weighted by molar-refractivity contribution is 7.80. The number of rotatable bonds is 2. The fourth-order valence-electron chi connectivity index (χ4n) is 1.74. The van der Waals surface area contributed by atoms with Gasteiger partial charge in [0.05, 0.1) is 5.54 Å². The van der Waals surface area contributed by atoms with E-state index in [1.54, 1.807) is 0 Å². The van der Waals surface area contributed by atoms with Crippen molar-refractivity contribution in [2.45, 2.75) is 25.8 Å². The molecule has 0 fully saturated rings. The highest BCUT2D eigenvalue weighted by Crippen LogP contribution is 2.26. The van der Waals surface area contributed by atoms with Crippen LogP contribution >= 0.6 is 12.2 Å². The smallest absolute Gasteiger partial charge is 0.164 e. The lowest BCUT2D eigenvalue weighted by Crippen LogP contribution is -2.51. The second kappa shape index (κ2) is 3.92. The van der Waals surface area contributed by atoms with Crippen LogP contribution in [0.2, 0.25) is 0 Å². The summed E-state index contributed by atoms with van der Waals surface area (Å²) in [6.45, 7) is 4.27. The van der Waals surface area contributed by atoms with Crippen LogP contribution in [0.3, 0.4) is 0 Å². The van der Waals surface area contributed by atoms with Crippen LogP contribution in [0.5, 0.6) is 0 Å². The van der Waals surface area contributed by atoms with Gasteiger partial charge in [0, 0.05) is 5.92 Å². The molecule has 0 aromatic carbocycles. The molecule has 0 amide bonds. The first-order valence-corrected chi connectivity index (χ1v) is 4.93. The highest BCUT2D eigenvalue weighted by Gasteiger charge is 2.30. The van der Waals surface area contributed by atoms with E-state index in [0.717, 1.165) is 6.42 Å². The molecule has 2 atom stereocenters. The topological polar surface area (TPSA) is 38.0 Å². The monoisotopic (exact) mass is 196 g/mol. The molecule has 0 aliphatic heterocycles. The lowest BCUT2D eigenvalue weighted by molar-refractivity contribution is 0.375. The van der Waals surface area contributed by atoms with Crippen LogP contribution in [0.15, 0.2) is 24.3 Å². The highest BCUT2D eigenvalue weighted by atomic mass is 32.1. The van der Waals surface area contributed by atoms with E-state index in [1.807, 2.05) is 6.08 Å². The number of allylic oxidation sites excluding steroid dienone is 2. The lowest BCUT2D eigenvalue weighted by atomic mass is 9.80. The molecule has 2 nitrogen and oxygen atoms in total. The van der Waals surface area contributed by atoms with Crippen LogP contribution in [0.1, 0.15) is 20.3 Å². The molecule has 0 spiro atoms. The van der Waals surface area contributed by atoms with Crippen LogP contribution < -0.4 is 11.1 Å². The van der Waals surface area contributed by atoms with Gasteiger partial charge in [-0.15, -0.1) is 0 Å². The molecule has 3 heteroatoms. The van der Waals surface area contributed by atoms with Gasteiger partial charge in [0.2, 0.25) is 0 Å². The Kier molecular flexibility index (Phi) is 3.09. The van der Waals surface area contributed by atoms with Crippen molar-refractivity contribution in [2.75, 3.05) is 0 Å². The predicted octanol–water partition coefficient (Wildman–Crippen LogP) is 1.73. The molecule has 2 unspecified atom stereocenters. The minimum atomic E-state index is -0.116. The Bertz CT molecular complexity index is 258. The summed E-state index contributed by atoms with van der Waals surface area (Å²) in [5.41, 5.74) is 5.37. The second-order valence-electron chi connectivity index (χ2n) is 3.53. The van der Waals surface area contributed by atoms with Crippen LogP contribution in [0.4, 0.5) is 0 Å². The fraction of sp³-hybridized carbons (Fsp3) is 0.500. The molecule has 1 rings (SSSR count). The molecule has 0 bridgehead atoms. The van der Waals surface area contributed by atoms with Crippen molar-refractivity contribution in [2.24, 2.45) is 11.7 Å². The number of hydrogen-bond donors (Lipinski definition) is 2. The second-order valence-corrected chi connectivity index (χ2v) is 3.97. The summed E-state index contributed by atoms with van der Waals surface area (Å²) in [6.07, 6.45) is 9.47. The maximum Gasteiger partial charge on any atom is 0.164 e. The lowest BCUT2D eigenvalue weighted by Gasteiger charge is -2.35. The number of nitrogens with one attached hydrogen (secondary N) is 1. The number of nitrogens with two attached hydrogens (primary N) is 1. The van der Waals surface area contributed by atoms with Crippen LogP contribution in [0, 0.1) is 5.92 Å². The van der Waals surface area contributed by atoms with Crippen molar-refractivity contribution in [1.82, 2.24) is 5.32 Å². The van der Waals surface area contributed by atoms with Crippen molar-refractivity contribution < 1.29 is 0 Å². The molecule has 1 aliphatic rings. The molecule has 72 valence electrons. The third-order valence-electron chi connectivity index (χ3n) is 2.50. The van der Waals surface area contributed by atoms with Gasteiger partial charge in [0.1, 0.15) is 0 Å². The molecule has 13 heavy (non-hydrogen) atoms. The Morgan fingerprint density at radius 1 is 1.62 bits per heavy atom. The first kappa shape index (κ1) is 10.3. The van der Waals surface area contributed by atoms with E-state index in [4.69, 9.17) is 18.0 Å². The molecule has 0 aromatic heterocycles. The van der Waals surface area contributed by atoms with Gasteiger partial charge in [-0.1, -0.05) is 31.2 Å². The average molecular weight is 196 g/mol. The van der Waals surface area contributed by atoms with Crippen molar-refractivity contribution in [3.05, 3.63) is 24.3 Å². The van der Waals surface area contributed by atoms with Crippen LogP contribution in [0.25, 0.3) is 0 Å². The van der Waals surface area contributed by atoms with Gasteiger partial charge in [-0.3, -0.25) is 0 Å². The molecule has 0 saturated heterocycles. The predicted molar refractivity (Wildman–Crippen MR) is 60.4 cm³/mol. The zero-order valence-corrected chi connectivity index (χ0v) is 8.90. The quantitative estimate of drug-likeness (QED) is 0.661. The van der Waals surface area contributed by atoms with E-state index in [2.05, 4.69) is 37.4 Å². The maximum absolute atomic E-state index is 5.49. The van der Waals surface area contributed by atoms with Crippen molar-refractivity contribution in [1.29, 1.82) is 0 Å². The first-order chi connectivity index (χ1) is 6.08. The molecule has 3 N–H and O–H groups in total. The molecule has 0 heterocycles. The molecule has 0 radical (unpaired) electrons. The molecule has 0 aromatic rings. The normalized spacial score (nSPS) is 31.7. The average Bonchev–Trinajstić information content (AvgIpc) is 2.03. The van der Waals surface area contributed by atoms with Gasteiger partial charge in [0.15, 0.2) is 5.11 Å². The van der Waals surface area contributed by atoms with Gasteiger partial charge in [-0.05, 0) is 25.6 Å². The molecule has 1 aliphatic carbocycles. The van der Waals surface area contributed by atoms with E-state index in [0.29, 0.717) is 11.0 Å². The van der Waals surface area contributed by atoms with Crippen molar-refractivity contribution in [3.63, 3.8) is 0 Å². The largest absolute Gasteiger partial charge is 0.376 e. The Balaban J connectivity index is 2.79. The van der Waals surface area contributed by atoms with Gasteiger partial charge in [0.25, 0.3) is 0 Å². The van der Waals surface area contributed by atoms with Crippen molar-refractivity contribution in [3.8, 4) is 0 Å². The summed E-state index contributed by atoms with van der Waals surface area (Å²) in [5.74, 6) is 0.457. The summed E-state index contributed by atoms with van der Waals surface area (Å²) in [5, 5.41) is 3.49. The standard InChI is InChI=1S/C10H16N2S/c1-3-8-6-4-5-7-10(8,2)12-9(11)13/h4-8H,3H2,1-2H3,(H3,11,12,13). The Morgan fingerprint density at radius 2 is 2.31 bits per heavy atom. The Hall–Kier alpha value is -0.830. The zero-order chi connectivity index (χ0) is 9.90. The van der Waals surface area contributed by atoms with E-state index in [1.165, 1.54) is 0 Å². The van der Waals surface area contributed by atoms with Crippen molar-refractivity contribution >= 4 is 17.3 Å². The number of thiocarbonyl (C=S) groups is 1. The van der Waals surface area contributed by atoms with E-state index in [-0.39, 0.29) is 5.54 Å². The fourth-order valence-corrected chi connectivity index (χ4v) is 1.96. The minimum absolute atomic E-state index is 0.116. The van der Waals surface area contributed by atoms with E-state index >= 15 is 0 Å². The number of hydrogen-bond acceptors (Lipinski definition) is 1. The molecular weight excluding hydrogens is 180 g/mol. The third kappa shape index (κ3) is 2.31.